The van der Waals surface area contributed by atoms with E-state index in [0.29, 0.717) is 16.5 Å². The third-order valence-corrected chi connectivity index (χ3v) is 8.19. The standard InChI is InChI=1S/C19H22ClN3O3S2.BrH/c1-13-7-5-6-8-16(13)21-18-23(4)19(24,12-27-18)14-9-10-15(20)17(11-14)28(25,26)22(2)3;/h5-11,24H,12H2,1-4H3;1H/b21-18+;. The Labute approximate surface area is 191 Å². The molecule has 0 saturated carbocycles. The molecule has 1 saturated heterocycles. The van der Waals surface area contributed by atoms with Gasteiger partial charge in [0.2, 0.25) is 10.0 Å². The van der Waals surface area contributed by atoms with E-state index >= 15 is 0 Å². The molecule has 10 heteroatoms. The van der Waals surface area contributed by atoms with Crippen molar-refractivity contribution in [1.82, 2.24) is 9.21 Å². The molecule has 1 unspecified atom stereocenters. The van der Waals surface area contributed by atoms with Gasteiger partial charge >= 0.3 is 0 Å². The van der Waals surface area contributed by atoms with Gasteiger partial charge in [-0.05, 0) is 30.7 Å². The third-order valence-electron chi connectivity index (χ3n) is 4.73. The number of aliphatic imine (C=N–C) groups is 1. The van der Waals surface area contributed by atoms with Crippen LogP contribution in [-0.2, 0) is 15.7 Å². The lowest BCUT2D eigenvalue weighted by Crippen LogP contribution is -2.42. The zero-order valence-corrected chi connectivity index (χ0v) is 20.6. The van der Waals surface area contributed by atoms with Gasteiger partial charge in [-0.15, -0.1) is 17.0 Å². The van der Waals surface area contributed by atoms with Gasteiger partial charge in [0.05, 0.1) is 16.5 Å². The maximum atomic E-state index is 12.6. The van der Waals surface area contributed by atoms with Gasteiger partial charge < -0.3 is 10.0 Å². The van der Waals surface area contributed by atoms with E-state index in [-0.39, 0.29) is 26.9 Å². The smallest absolute Gasteiger partial charge is 0.244 e. The zero-order valence-electron chi connectivity index (χ0n) is 16.5. The van der Waals surface area contributed by atoms with Crippen LogP contribution in [0.5, 0.6) is 0 Å². The van der Waals surface area contributed by atoms with Crippen molar-refractivity contribution in [2.45, 2.75) is 17.5 Å². The average Bonchev–Trinajstić information content (AvgIpc) is 2.93. The van der Waals surface area contributed by atoms with Gasteiger partial charge in [-0.25, -0.2) is 17.7 Å². The molecule has 6 nitrogen and oxygen atoms in total. The van der Waals surface area contributed by atoms with Gasteiger partial charge in [0, 0.05) is 26.7 Å². The predicted octanol–water partition coefficient (Wildman–Crippen LogP) is 3.99. The number of para-hydroxylation sites is 1. The van der Waals surface area contributed by atoms with Crippen LogP contribution in [0.2, 0.25) is 5.02 Å². The Bertz CT molecular complexity index is 1050. The van der Waals surface area contributed by atoms with Crippen LogP contribution in [0.25, 0.3) is 0 Å². The van der Waals surface area contributed by atoms with E-state index in [9.17, 15) is 13.5 Å². The molecule has 0 aliphatic carbocycles. The lowest BCUT2D eigenvalue weighted by Gasteiger charge is -2.31. The number of halogens is 2. The summed E-state index contributed by atoms with van der Waals surface area (Å²) < 4.78 is 26.2. The monoisotopic (exact) mass is 519 g/mol. The minimum atomic E-state index is -3.74. The van der Waals surface area contributed by atoms with Crippen LogP contribution in [0.4, 0.5) is 5.69 Å². The molecular formula is C19H23BrClN3O3S2. The summed E-state index contributed by atoms with van der Waals surface area (Å²) in [6.45, 7) is 1.97. The van der Waals surface area contributed by atoms with Crippen LogP contribution in [0, 0.1) is 6.92 Å². The fraction of sp³-hybridized carbons (Fsp3) is 0.316. The largest absolute Gasteiger partial charge is 0.366 e. The van der Waals surface area contributed by atoms with Crippen LogP contribution in [-0.4, -0.2) is 54.8 Å². The van der Waals surface area contributed by atoms with Crippen LogP contribution < -0.4 is 0 Å². The number of aryl methyl sites for hydroxylation is 1. The number of thioether (sulfide) groups is 1. The van der Waals surface area contributed by atoms with Crippen molar-refractivity contribution in [2.75, 3.05) is 26.9 Å². The maximum absolute atomic E-state index is 12.6. The van der Waals surface area contributed by atoms with Gasteiger partial charge in [0.1, 0.15) is 4.90 Å². The van der Waals surface area contributed by atoms with E-state index in [0.717, 1.165) is 15.6 Å². The number of nitrogens with zero attached hydrogens (tertiary/aromatic N) is 3. The van der Waals surface area contributed by atoms with Gasteiger partial charge in [0.25, 0.3) is 0 Å². The molecule has 1 N–H and O–H groups in total. The van der Waals surface area contributed by atoms with Crippen molar-refractivity contribution in [2.24, 2.45) is 4.99 Å². The number of benzene rings is 2. The Morgan fingerprint density at radius 3 is 2.52 bits per heavy atom. The normalized spacial score (nSPS) is 20.9. The third kappa shape index (κ3) is 4.50. The summed E-state index contributed by atoms with van der Waals surface area (Å²) in [5.41, 5.74) is 0.911. The molecule has 0 bridgehead atoms. The first-order chi connectivity index (χ1) is 13.1. The summed E-state index contributed by atoms with van der Waals surface area (Å²) in [6, 6.07) is 12.3. The summed E-state index contributed by atoms with van der Waals surface area (Å²) in [5, 5.41) is 12.1. The Balaban J connectivity index is 0.00000300. The topological polar surface area (TPSA) is 73.2 Å². The van der Waals surface area contributed by atoms with Crippen molar-refractivity contribution in [1.29, 1.82) is 0 Å². The van der Waals surface area contributed by atoms with E-state index in [4.69, 9.17) is 11.6 Å². The molecule has 1 aliphatic heterocycles. The van der Waals surface area contributed by atoms with Crippen LogP contribution in [0.3, 0.4) is 0 Å². The molecular weight excluding hydrogens is 498 g/mol. The molecule has 2 aromatic rings. The second-order valence-electron chi connectivity index (χ2n) is 6.78. The van der Waals surface area contributed by atoms with Gasteiger partial charge in [-0.2, -0.15) is 0 Å². The van der Waals surface area contributed by atoms with Crippen molar-refractivity contribution in [3.63, 3.8) is 0 Å². The van der Waals surface area contributed by atoms with Crippen LogP contribution >= 0.6 is 40.3 Å². The summed E-state index contributed by atoms with van der Waals surface area (Å²) >= 11 is 7.55. The van der Waals surface area contributed by atoms with E-state index < -0.39 is 15.7 Å². The minimum absolute atomic E-state index is 0. The Morgan fingerprint density at radius 2 is 1.90 bits per heavy atom. The minimum Gasteiger partial charge on any atom is -0.366 e. The van der Waals surface area contributed by atoms with E-state index in [2.05, 4.69) is 4.99 Å². The average molecular weight is 521 g/mol. The van der Waals surface area contributed by atoms with Crippen LogP contribution in [0.15, 0.2) is 52.4 Å². The highest BCUT2D eigenvalue weighted by Gasteiger charge is 2.43. The quantitative estimate of drug-likeness (QED) is 0.660. The molecule has 1 aliphatic rings. The van der Waals surface area contributed by atoms with Crippen molar-refractivity contribution in [3.05, 3.63) is 58.6 Å². The second-order valence-corrected chi connectivity index (χ2v) is 10.2. The highest BCUT2D eigenvalue weighted by atomic mass is 79.9. The molecule has 3 rings (SSSR count). The number of rotatable bonds is 4. The Morgan fingerprint density at radius 1 is 1.24 bits per heavy atom. The number of sulfonamides is 1. The Hall–Kier alpha value is -1.10. The lowest BCUT2D eigenvalue weighted by molar-refractivity contribution is -0.0349. The number of hydrogen-bond acceptors (Lipinski definition) is 5. The summed E-state index contributed by atoms with van der Waals surface area (Å²) in [5.74, 6) is 0.317. The fourth-order valence-corrected chi connectivity index (χ4v) is 5.43. The molecule has 0 aromatic heterocycles. The van der Waals surface area contributed by atoms with Gasteiger partial charge in [-0.1, -0.05) is 47.6 Å². The molecule has 0 amide bonds. The van der Waals surface area contributed by atoms with Gasteiger partial charge in [0.15, 0.2) is 10.9 Å². The van der Waals surface area contributed by atoms with Crippen LogP contribution in [0.1, 0.15) is 11.1 Å². The predicted molar refractivity (Wildman–Crippen MR) is 125 cm³/mol. The molecule has 2 aromatic carbocycles. The lowest BCUT2D eigenvalue weighted by atomic mass is 10.0. The molecule has 0 spiro atoms. The highest BCUT2D eigenvalue weighted by Crippen LogP contribution is 2.40. The Kier molecular flexibility index (Phi) is 7.46. The molecule has 158 valence electrons. The highest BCUT2D eigenvalue weighted by molar-refractivity contribution is 8.93. The molecule has 1 fully saturated rings. The van der Waals surface area contributed by atoms with E-state index in [1.165, 1.54) is 38.0 Å². The van der Waals surface area contributed by atoms with Gasteiger partial charge in [-0.3, -0.25) is 0 Å². The fourth-order valence-electron chi connectivity index (χ4n) is 2.84. The zero-order chi connectivity index (χ0) is 20.7. The number of amidine groups is 1. The SMILES string of the molecule is Br.Cc1ccccc1/N=C1/SCC(O)(c2ccc(Cl)c(S(=O)(=O)N(C)C)c2)N1C. The van der Waals surface area contributed by atoms with E-state index in [1.54, 1.807) is 18.0 Å². The van der Waals surface area contributed by atoms with Crippen molar-refractivity contribution < 1.29 is 13.5 Å². The number of aliphatic hydroxyl groups is 1. The van der Waals surface area contributed by atoms with Crippen molar-refractivity contribution >= 4 is 61.2 Å². The molecule has 0 radical (unpaired) electrons. The van der Waals surface area contributed by atoms with E-state index in [1.807, 2.05) is 31.2 Å². The maximum Gasteiger partial charge on any atom is 0.244 e. The first-order valence-electron chi connectivity index (χ1n) is 8.53. The number of hydrogen-bond donors (Lipinski definition) is 1. The molecule has 1 atom stereocenters. The summed E-state index contributed by atoms with van der Waals surface area (Å²) in [4.78, 5) is 6.30. The first kappa shape index (κ1) is 24.2. The van der Waals surface area contributed by atoms with Crippen molar-refractivity contribution in [3.8, 4) is 0 Å². The second kappa shape index (κ2) is 8.95. The first-order valence-corrected chi connectivity index (χ1v) is 11.3. The molecule has 29 heavy (non-hydrogen) atoms. The summed E-state index contributed by atoms with van der Waals surface area (Å²) in [7, 11) is 0.889. The molecule has 1 heterocycles. The summed E-state index contributed by atoms with van der Waals surface area (Å²) in [6.07, 6.45) is 0.